The van der Waals surface area contributed by atoms with Crippen LogP contribution in [0.3, 0.4) is 0 Å². The van der Waals surface area contributed by atoms with Crippen molar-refractivity contribution in [2.75, 3.05) is 11.9 Å². The molecule has 0 amide bonds. The second-order valence-corrected chi connectivity index (χ2v) is 4.43. The number of benzene rings is 1. The van der Waals surface area contributed by atoms with Gasteiger partial charge in [0.15, 0.2) is 0 Å². The predicted octanol–water partition coefficient (Wildman–Crippen LogP) is 1.71. The molecule has 0 radical (unpaired) electrons. The van der Waals surface area contributed by atoms with Gasteiger partial charge in [0.1, 0.15) is 11.6 Å². The van der Waals surface area contributed by atoms with Crippen LogP contribution in [0.25, 0.3) is 0 Å². The van der Waals surface area contributed by atoms with Crippen molar-refractivity contribution in [1.82, 2.24) is 9.97 Å². The summed E-state index contributed by atoms with van der Waals surface area (Å²) in [6.07, 6.45) is 1.92. The molecule has 2 aromatic rings. The normalized spacial score (nSPS) is 10.4. The number of nitrogens with one attached hydrogen (secondary N) is 2. The summed E-state index contributed by atoms with van der Waals surface area (Å²) in [6, 6.07) is 9.49. The first kappa shape index (κ1) is 13.3. The third kappa shape index (κ3) is 3.93. The summed E-state index contributed by atoms with van der Waals surface area (Å²) in [4.78, 5) is 18.2. The second-order valence-electron chi connectivity index (χ2n) is 4.43. The maximum absolute atomic E-state index is 11.4. The van der Waals surface area contributed by atoms with Gasteiger partial charge in [0, 0.05) is 11.8 Å². The first-order valence-corrected chi connectivity index (χ1v) is 6.31. The van der Waals surface area contributed by atoms with Crippen LogP contribution in [0, 0.1) is 6.92 Å². The van der Waals surface area contributed by atoms with Crippen molar-refractivity contribution in [1.29, 1.82) is 0 Å². The Bertz CT molecular complexity index is 606. The van der Waals surface area contributed by atoms with Crippen molar-refractivity contribution in [3.63, 3.8) is 0 Å². The molecule has 4 N–H and O–H groups in total. The molecule has 0 bridgehead atoms. The van der Waals surface area contributed by atoms with Gasteiger partial charge in [-0.25, -0.2) is 4.98 Å². The van der Waals surface area contributed by atoms with Gasteiger partial charge in [-0.05, 0) is 44.0 Å². The number of rotatable bonds is 5. The zero-order valence-corrected chi connectivity index (χ0v) is 10.9. The molecule has 0 aliphatic heterocycles. The van der Waals surface area contributed by atoms with Crippen molar-refractivity contribution >= 4 is 11.5 Å². The highest BCUT2D eigenvalue weighted by atomic mass is 16.1. The van der Waals surface area contributed by atoms with Crippen LogP contribution in [0.4, 0.5) is 11.5 Å². The minimum absolute atomic E-state index is 0.158. The molecular formula is C14H18N4O. The van der Waals surface area contributed by atoms with E-state index in [2.05, 4.69) is 21.4 Å². The summed E-state index contributed by atoms with van der Waals surface area (Å²) in [5, 5.41) is 3.14. The fraction of sp³-hybridized carbons (Fsp3) is 0.286. The zero-order chi connectivity index (χ0) is 13.7. The van der Waals surface area contributed by atoms with Crippen molar-refractivity contribution < 1.29 is 0 Å². The van der Waals surface area contributed by atoms with E-state index >= 15 is 0 Å². The van der Waals surface area contributed by atoms with Gasteiger partial charge in [-0.1, -0.05) is 12.1 Å². The van der Waals surface area contributed by atoms with E-state index in [1.807, 2.05) is 18.2 Å². The molecule has 0 aliphatic rings. The average molecular weight is 258 g/mol. The molecule has 1 aromatic carbocycles. The van der Waals surface area contributed by atoms with Crippen LogP contribution in [-0.4, -0.2) is 16.5 Å². The number of nitrogens with zero attached hydrogens (tertiary/aromatic N) is 1. The van der Waals surface area contributed by atoms with Gasteiger partial charge in [-0.3, -0.25) is 4.79 Å². The molecule has 1 aromatic heterocycles. The molecule has 100 valence electrons. The number of anilines is 2. The quantitative estimate of drug-likeness (QED) is 0.762. The highest BCUT2D eigenvalue weighted by molar-refractivity contribution is 5.56. The summed E-state index contributed by atoms with van der Waals surface area (Å²) < 4.78 is 0. The molecule has 0 spiro atoms. The second kappa shape index (κ2) is 6.15. The summed E-state index contributed by atoms with van der Waals surface area (Å²) in [7, 11) is 0. The number of hydrogen-bond donors (Lipinski definition) is 3. The number of hydrogen-bond acceptors (Lipinski definition) is 4. The summed E-state index contributed by atoms with van der Waals surface area (Å²) in [5.41, 5.74) is 7.49. The Hall–Kier alpha value is -2.14. The van der Waals surface area contributed by atoms with Crippen LogP contribution in [0.1, 0.15) is 17.8 Å². The van der Waals surface area contributed by atoms with E-state index in [-0.39, 0.29) is 5.56 Å². The van der Waals surface area contributed by atoms with Gasteiger partial charge in [0.25, 0.3) is 5.56 Å². The van der Waals surface area contributed by atoms with Gasteiger partial charge in [-0.15, -0.1) is 0 Å². The lowest BCUT2D eigenvalue weighted by molar-refractivity contribution is 0.833. The Labute approximate surface area is 111 Å². The topological polar surface area (TPSA) is 83.8 Å². The lowest BCUT2D eigenvalue weighted by Crippen LogP contribution is -2.10. The Morgan fingerprint density at radius 2 is 2.21 bits per heavy atom. The minimum Gasteiger partial charge on any atom is -0.340 e. The Kier molecular flexibility index (Phi) is 4.30. The monoisotopic (exact) mass is 258 g/mol. The first-order chi connectivity index (χ1) is 9.17. The number of aromatic amines is 1. The van der Waals surface area contributed by atoms with Gasteiger partial charge >= 0.3 is 0 Å². The third-order valence-corrected chi connectivity index (χ3v) is 2.73. The van der Waals surface area contributed by atoms with Gasteiger partial charge in [0.05, 0.1) is 0 Å². The zero-order valence-electron chi connectivity index (χ0n) is 10.9. The molecule has 0 saturated carbocycles. The Morgan fingerprint density at radius 1 is 1.37 bits per heavy atom. The highest BCUT2D eigenvalue weighted by Gasteiger charge is 2.00. The van der Waals surface area contributed by atoms with Gasteiger partial charge < -0.3 is 16.0 Å². The summed E-state index contributed by atoms with van der Waals surface area (Å²) in [6.45, 7) is 2.44. The van der Waals surface area contributed by atoms with Crippen LogP contribution in [0.15, 0.2) is 35.1 Å². The largest absolute Gasteiger partial charge is 0.340 e. The van der Waals surface area contributed by atoms with Crippen molar-refractivity contribution in [3.8, 4) is 0 Å². The fourth-order valence-corrected chi connectivity index (χ4v) is 1.90. The molecule has 0 atom stereocenters. The highest BCUT2D eigenvalue weighted by Crippen LogP contribution is 2.16. The summed E-state index contributed by atoms with van der Waals surface area (Å²) >= 11 is 0. The standard InChI is InChI=1S/C14H18N4O/c1-10-16-13(9-14(19)17-10)18-12-6-2-4-11(8-12)5-3-7-15/h2,4,6,8-9H,3,5,7,15H2,1H3,(H2,16,17,18,19). The SMILES string of the molecule is Cc1nc(Nc2cccc(CCCN)c2)cc(=O)[nH]1. The van der Waals surface area contributed by atoms with E-state index in [4.69, 9.17) is 5.73 Å². The van der Waals surface area contributed by atoms with E-state index in [1.165, 1.54) is 11.6 Å². The molecule has 19 heavy (non-hydrogen) atoms. The number of H-pyrrole nitrogens is 1. The Balaban J connectivity index is 2.16. The molecule has 0 saturated heterocycles. The molecule has 0 fully saturated rings. The fourth-order valence-electron chi connectivity index (χ4n) is 1.90. The van der Waals surface area contributed by atoms with E-state index < -0.39 is 0 Å². The van der Waals surface area contributed by atoms with E-state index in [1.54, 1.807) is 6.92 Å². The van der Waals surface area contributed by atoms with Crippen molar-refractivity contribution in [2.24, 2.45) is 5.73 Å². The van der Waals surface area contributed by atoms with Gasteiger partial charge in [0.2, 0.25) is 0 Å². The first-order valence-electron chi connectivity index (χ1n) is 6.31. The summed E-state index contributed by atoms with van der Waals surface area (Å²) in [5.74, 6) is 1.14. The molecule has 2 rings (SSSR count). The van der Waals surface area contributed by atoms with Crippen LogP contribution in [0.5, 0.6) is 0 Å². The van der Waals surface area contributed by atoms with Crippen LogP contribution in [-0.2, 0) is 6.42 Å². The molecule has 0 aliphatic carbocycles. The molecular weight excluding hydrogens is 240 g/mol. The van der Waals surface area contributed by atoms with Crippen molar-refractivity contribution in [3.05, 3.63) is 52.1 Å². The van der Waals surface area contributed by atoms with Crippen LogP contribution in [0.2, 0.25) is 0 Å². The van der Waals surface area contributed by atoms with Gasteiger partial charge in [-0.2, -0.15) is 0 Å². The lowest BCUT2D eigenvalue weighted by atomic mass is 10.1. The van der Waals surface area contributed by atoms with E-state index in [0.29, 0.717) is 18.2 Å². The van der Waals surface area contributed by atoms with Crippen LogP contribution >= 0.6 is 0 Å². The van der Waals surface area contributed by atoms with E-state index in [0.717, 1.165) is 18.5 Å². The van der Waals surface area contributed by atoms with E-state index in [9.17, 15) is 4.79 Å². The maximum Gasteiger partial charge on any atom is 0.252 e. The molecule has 5 heteroatoms. The lowest BCUT2D eigenvalue weighted by Gasteiger charge is -2.08. The average Bonchev–Trinajstić information content (AvgIpc) is 2.35. The smallest absolute Gasteiger partial charge is 0.252 e. The Morgan fingerprint density at radius 3 is 2.95 bits per heavy atom. The third-order valence-electron chi connectivity index (χ3n) is 2.73. The minimum atomic E-state index is -0.158. The predicted molar refractivity (Wildman–Crippen MR) is 76.7 cm³/mol. The number of aryl methyl sites for hydroxylation is 2. The van der Waals surface area contributed by atoms with Crippen molar-refractivity contribution in [2.45, 2.75) is 19.8 Å². The number of aromatic nitrogens is 2. The number of nitrogens with two attached hydrogens (primary N) is 1. The molecule has 1 heterocycles. The maximum atomic E-state index is 11.4. The molecule has 5 nitrogen and oxygen atoms in total. The molecule has 0 unspecified atom stereocenters. The van der Waals surface area contributed by atoms with Crippen LogP contribution < -0.4 is 16.6 Å².